The quantitative estimate of drug-likeness (QED) is 0.647. The van der Waals surface area contributed by atoms with Crippen LogP contribution in [0.1, 0.15) is 21.7 Å². The number of thiophene rings is 1. The molecule has 0 bridgehead atoms. The molecule has 1 aliphatic rings. The summed E-state index contributed by atoms with van der Waals surface area (Å²) in [4.78, 5) is 11.4. The molecule has 0 unspecified atom stereocenters. The second-order valence-corrected chi connectivity index (χ2v) is 3.55. The van der Waals surface area contributed by atoms with Crippen LogP contribution in [0.5, 0.6) is 0 Å². The third-order valence-corrected chi connectivity index (χ3v) is 2.90. The van der Waals surface area contributed by atoms with Crippen LogP contribution in [0.2, 0.25) is 0 Å². The fourth-order valence-corrected chi connectivity index (χ4v) is 2.27. The fraction of sp³-hybridized carbons (Fsp3) is 0.375. The van der Waals surface area contributed by atoms with Crippen LogP contribution in [0.25, 0.3) is 0 Å². The van der Waals surface area contributed by atoms with E-state index in [0.717, 1.165) is 30.5 Å². The highest BCUT2D eigenvalue weighted by molar-refractivity contribution is 7.12. The maximum absolute atomic E-state index is 10.5. The van der Waals surface area contributed by atoms with Gasteiger partial charge in [0, 0.05) is 17.6 Å². The Hall–Kier alpha value is -0.830. The van der Waals surface area contributed by atoms with E-state index in [1.54, 1.807) is 0 Å². The first-order chi connectivity index (χ1) is 5.42. The lowest BCUT2D eigenvalue weighted by atomic mass is 10.1. The van der Waals surface area contributed by atoms with E-state index in [-0.39, 0.29) is 0 Å². The van der Waals surface area contributed by atoms with Crippen molar-refractivity contribution in [3.63, 3.8) is 0 Å². The highest BCUT2D eigenvalue weighted by atomic mass is 32.1. The molecule has 2 heterocycles. The lowest BCUT2D eigenvalue weighted by molar-refractivity contribution is 0.112. The van der Waals surface area contributed by atoms with Crippen LogP contribution in [0.3, 0.4) is 0 Å². The number of anilines is 1. The Kier molecular flexibility index (Phi) is 1.66. The van der Waals surface area contributed by atoms with Crippen molar-refractivity contribution in [1.29, 1.82) is 0 Å². The molecule has 1 aromatic rings. The second-order valence-electron chi connectivity index (χ2n) is 2.64. The number of nitrogens with one attached hydrogen (secondary N) is 1. The molecule has 2 nitrogen and oxygen atoms in total. The van der Waals surface area contributed by atoms with E-state index < -0.39 is 0 Å². The zero-order valence-electron chi connectivity index (χ0n) is 6.09. The summed E-state index contributed by atoms with van der Waals surface area (Å²) in [6.07, 6.45) is 3.15. The van der Waals surface area contributed by atoms with Gasteiger partial charge in [-0.1, -0.05) is 0 Å². The minimum Gasteiger partial charge on any atom is -0.384 e. The Morgan fingerprint density at radius 1 is 1.64 bits per heavy atom. The minimum atomic E-state index is 0.896. The first-order valence-electron chi connectivity index (χ1n) is 3.71. The van der Waals surface area contributed by atoms with Crippen molar-refractivity contribution in [2.24, 2.45) is 0 Å². The smallest absolute Gasteiger partial charge is 0.160 e. The van der Waals surface area contributed by atoms with Gasteiger partial charge in [0.05, 0.1) is 4.88 Å². The van der Waals surface area contributed by atoms with Gasteiger partial charge in [0.15, 0.2) is 6.29 Å². The van der Waals surface area contributed by atoms with Crippen LogP contribution >= 0.6 is 11.3 Å². The summed E-state index contributed by atoms with van der Waals surface area (Å²) < 4.78 is 0. The average molecular weight is 167 g/mol. The molecule has 0 fully saturated rings. The molecule has 58 valence electrons. The lowest BCUT2D eigenvalue weighted by Gasteiger charge is -2.13. The van der Waals surface area contributed by atoms with Crippen molar-refractivity contribution in [3.05, 3.63) is 15.8 Å². The number of hydrogen-bond donors (Lipinski definition) is 1. The maximum Gasteiger partial charge on any atom is 0.160 e. The Balaban J connectivity index is 2.45. The van der Waals surface area contributed by atoms with E-state index in [9.17, 15) is 4.79 Å². The molecule has 0 saturated carbocycles. The summed E-state index contributed by atoms with van der Waals surface area (Å²) in [5, 5.41) is 5.29. The Morgan fingerprint density at radius 3 is 3.36 bits per heavy atom. The van der Waals surface area contributed by atoms with Crippen LogP contribution in [-0.2, 0) is 6.42 Å². The summed E-state index contributed by atoms with van der Waals surface area (Å²) in [5.74, 6) is 0. The SMILES string of the molecule is O=Cc1scc2c1CCCN2. The van der Waals surface area contributed by atoms with E-state index in [1.807, 2.05) is 5.38 Å². The molecule has 0 saturated heterocycles. The van der Waals surface area contributed by atoms with Gasteiger partial charge in [0.2, 0.25) is 0 Å². The van der Waals surface area contributed by atoms with Gasteiger partial charge >= 0.3 is 0 Å². The maximum atomic E-state index is 10.5. The molecule has 0 amide bonds. The highest BCUT2D eigenvalue weighted by Crippen LogP contribution is 2.29. The van der Waals surface area contributed by atoms with Crippen molar-refractivity contribution in [1.82, 2.24) is 0 Å². The summed E-state index contributed by atoms with van der Waals surface area (Å²) in [5.41, 5.74) is 2.39. The zero-order chi connectivity index (χ0) is 7.68. The van der Waals surface area contributed by atoms with Crippen LogP contribution < -0.4 is 5.32 Å². The third-order valence-electron chi connectivity index (χ3n) is 1.95. The van der Waals surface area contributed by atoms with Gasteiger partial charge in [-0.25, -0.2) is 0 Å². The molecule has 0 spiro atoms. The van der Waals surface area contributed by atoms with Crippen LogP contribution in [-0.4, -0.2) is 12.8 Å². The van der Waals surface area contributed by atoms with Gasteiger partial charge in [-0.05, 0) is 18.4 Å². The van der Waals surface area contributed by atoms with Crippen molar-refractivity contribution < 1.29 is 4.79 Å². The number of aldehydes is 1. The monoisotopic (exact) mass is 167 g/mol. The molecule has 11 heavy (non-hydrogen) atoms. The number of carbonyl (C=O) groups is 1. The summed E-state index contributed by atoms with van der Waals surface area (Å²) in [6, 6.07) is 0. The topological polar surface area (TPSA) is 29.1 Å². The molecule has 0 atom stereocenters. The Morgan fingerprint density at radius 2 is 2.55 bits per heavy atom. The van der Waals surface area contributed by atoms with Gasteiger partial charge in [0.1, 0.15) is 0 Å². The van der Waals surface area contributed by atoms with E-state index >= 15 is 0 Å². The molecule has 1 aliphatic heterocycles. The molecule has 3 heteroatoms. The number of hydrogen-bond acceptors (Lipinski definition) is 3. The molecule has 2 rings (SSSR count). The molecular weight excluding hydrogens is 158 g/mol. The molecule has 0 radical (unpaired) electrons. The second kappa shape index (κ2) is 2.66. The summed E-state index contributed by atoms with van der Waals surface area (Å²) >= 11 is 1.53. The molecule has 1 aromatic heterocycles. The van der Waals surface area contributed by atoms with Crippen LogP contribution in [0, 0.1) is 0 Å². The fourth-order valence-electron chi connectivity index (χ4n) is 1.39. The summed E-state index contributed by atoms with van der Waals surface area (Å²) in [7, 11) is 0. The first-order valence-corrected chi connectivity index (χ1v) is 4.59. The lowest BCUT2D eigenvalue weighted by Crippen LogP contribution is -2.10. The van der Waals surface area contributed by atoms with Crippen LogP contribution in [0.15, 0.2) is 5.38 Å². The highest BCUT2D eigenvalue weighted by Gasteiger charge is 2.13. The Bertz CT molecular complexity index is 280. The number of fused-ring (bicyclic) bond motifs is 1. The van der Waals surface area contributed by atoms with Gasteiger partial charge in [-0.3, -0.25) is 4.79 Å². The predicted octanol–water partition coefficient (Wildman–Crippen LogP) is 1.92. The van der Waals surface area contributed by atoms with Gasteiger partial charge in [-0.15, -0.1) is 11.3 Å². The molecule has 1 N–H and O–H groups in total. The van der Waals surface area contributed by atoms with Crippen molar-refractivity contribution in [2.45, 2.75) is 12.8 Å². The molecule has 0 aliphatic carbocycles. The van der Waals surface area contributed by atoms with Crippen LogP contribution in [0.4, 0.5) is 5.69 Å². The normalized spacial score (nSPS) is 15.3. The number of rotatable bonds is 1. The first kappa shape index (κ1) is 6.85. The average Bonchev–Trinajstić information content (AvgIpc) is 2.47. The number of carbonyl (C=O) groups excluding carboxylic acids is 1. The van der Waals surface area contributed by atoms with E-state index in [2.05, 4.69) is 5.32 Å². The third kappa shape index (κ3) is 1.05. The van der Waals surface area contributed by atoms with Gasteiger partial charge in [-0.2, -0.15) is 0 Å². The Labute approximate surface area is 69.2 Å². The van der Waals surface area contributed by atoms with Crippen molar-refractivity contribution in [3.8, 4) is 0 Å². The molecule has 0 aromatic carbocycles. The van der Waals surface area contributed by atoms with Gasteiger partial charge < -0.3 is 5.32 Å². The zero-order valence-corrected chi connectivity index (χ0v) is 6.91. The minimum absolute atomic E-state index is 0.896. The van der Waals surface area contributed by atoms with E-state index in [0.29, 0.717) is 0 Å². The van der Waals surface area contributed by atoms with Crippen molar-refractivity contribution in [2.75, 3.05) is 11.9 Å². The van der Waals surface area contributed by atoms with E-state index in [1.165, 1.54) is 22.6 Å². The predicted molar refractivity (Wildman–Crippen MR) is 46.5 cm³/mol. The summed E-state index contributed by atoms with van der Waals surface area (Å²) in [6.45, 7) is 1.04. The largest absolute Gasteiger partial charge is 0.384 e. The van der Waals surface area contributed by atoms with E-state index in [4.69, 9.17) is 0 Å². The standard InChI is InChI=1S/C8H9NOS/c10-4-8-6-2-1-3-9-7(6)5-11-8/h4-5,9H,1-3H2. The van der Waals surface area contributed by atoms with Crippen molar-refractivity contribution >= 4 is 23.3 Å². The molecular formula is C8H9NOS. The van der Waals surface area contributed by atoms with Gasteiger partial charge in [0.25, 0.3) is 0 Å².